The molecule has 0 aliphatic carbocycles. The van der Waals surface area contributed by atoms with Gasteiger partial charge in [-0.05, 0) is 54.1 Å². The fourth-order valence-corrected chi connectivity index (χ4v) is 4.22. The van der Waals surface area contributed by atoms with E-state index >= 15 is 0 Å². The first-order valence-corrected chi connectivity index (χ1v) is 10.2. The molecule has 0 radical (unpaired) electrons. The van der Waals surface area contributed by atoms with Crippen LogP contribution in [-0.4, -0.2) is 22.0 Å². The molecule has 0 bridgehead atoms. The Morgan fingerprint density at radius 3 is 2.50 bits per heavy atom. The van der Waals surface area contributed by atoms with Crippen molar-refractivity contribution in [1.82, 2.24) is 9.55 Å². The monoisotopic (exact) mass is 419 g/mol. The summed E-state index contributed by atoms with van der Waals surface area (Å²) < 4.78 is 15.5. The number of carbonyl (C=O) groups excluding carboxylic acids is 1. The predicted molar refractivity (Wildman–Crippen MR) is 116 cm³/mol. The van der Waals surface area contributed by atoms with Gasteiger partial charge in [0.1, 0.15) is 11.6 Å². The zero-order chi connectivity index (χ0) is 20.7. The molecular formula is C24H19ClFN3O. The molecule has 6 heteroatoms. The largest absolute Gasteiger partial charge is 0.323 e. The van der Waals surface area contributed by atoms with Crippen LogP contribution in [0, 0.1) is 5.82 Å². The van der Waals surface area contributed by atoms with Crippen LogP contribution in [0.5, 0.6) is 0 Å². The third-order valence-corrected chi connectivity index (χ3v) is 5.82. The fourth-order valence-electron chi connectivity index (χ4n) is 4.10. The maximum absolute atomic E-state index is 13.3. The number of fused-ring (bicyclic) bond motifs is 1. The van der Waals surface area contributed by atoms with Crippen molar-refractivity contribution in [3.63, 3.8) is 0 Å². The number of amides is 1. The molecule has 1 aromatic heterocycles. The van der Waals surface area contributed by atoms with Gasteiger partial charge in [0.15, 0.2) is 0 Å². The number of para-hydroxylation sites is 2. The van der Waals surface area contributed by atoms with E-state index in [-0.39, 0.29) is 17.6 Å². The summed E-state index contributed by atoms with van der Waals surface area (Å²) in [4.78, 5) is 19.4. The van der Waals surface area contributed by atoms with Crippen LogP contribution < -0.4 is 4.90 Å². The van der Waals surface area contributed by atoms with Crippen LogP contribution in [0.1, 0.15) is 23.7 Å². The SMILES string of the molecule is O=C1CC(c2nc3ccccc3n2Cc2ccc(F)cc2)CN1c1ccc(Cl)cc1. The molecule has 150 valence electrons. The number of hydrogen-bond donors (Lipinski definition) is 0. The zero-order valence-corrected chi connectivity index (χ0v) is 16.9. The molecule has 1 amide bonds. The summed E-state index contributed by atoms with van der Waals surface area (Å²) in [6.07, 6.45) is 0.398. The molecule has 30 heavy (non-hydrogen) atoms. The second-order valence-electron chi connectivity index (χ2n) is 7.55. The Kier molecular flexibility index (Phi) is 4.75. The molecule has 4 nitrogen and oxygen atoms in total. The Labute approximate surface area is 178 Å². The Morgan fingerprint density at radius 1 is 1.00 bits per heavy atom. The number of anilines is 1. The summed E-state index contributed by atoms with van der Waals surface area (Å²) in [5.41, 5.74) is 3.73. The molecule has 2 heterocycles. The van der Waals surface area contributed by atoms with Gasteiger partial charge in [0.25, 0.3) is 0 Å². The number of nitrogens with zero attached hydrogens (tertiary/aromatic N) is 3. The van der Waals surface area contributed by atoms with E-state index in [4.69, 9.17) is 16.6 Å². The number of halogens is 2. The first kappa shape index (κ1) is 18.8. The minimum Gasteiger partial charge on any atom is -0.323 e. The van der Waals surface area contributed by atoms with Gasteiger partial charge in [-0.2, -0.15) is 0 Å². The van der Waals surface area contributed by atoms with Gasteiger partial charge in [-0.15, -0.1) is 0 Å². The van der Waals surface area contributed by atoms with Crippen molar-refractivity contribution >= 4 is 34.2 Å². The minimum atomic E-state index is -0.255. The average Bonchev–Trinajstić information content (AvgIpc) is 3.31. The Bertz CT molecular complexity index is 1220. The summed E-state index contributed by atoms with van der Waals surface area (Å²) in [6.45, 7) is 1.13. The smallest absolute Gasteiger partial charge is 0.227 e. The molecule has 3 aromatic carbocycles. The molecule has 1 aliphatic heterocycles. The number of imidazole rings is 1. The average molecular weight is 420 g/mol. The van der Waals surface area contributed by atoms with Gasteiger partial charge < -0.3 is 9.47 Å². The second kappa shape index (κ2) is 7.58. The third kappa shape index (κ3) is 3.46. The first-order valence-electron chi connectivity index (χ1n) is 9.84. The summed E-state index contributed by atoms with van der Waals surface area (Å²) in [5.74, 6) is 0.670. The van der Waals surface area contributed by atoms with Crippen LogP contribution in [0.2, 0.25) is 5.02 Å². The predicted octanol–water partition coefficient (Wildman–Crippen LogP) is 5.40. The summed E-state index contributed by atoms with van der Waals surface area (Å²) in [7, 11) is 0. The fraction of sp³-hybridized carbons (Fsp3) is 0.167. The van der Waals surface area contributed by atoms with Crippen LogP contribution in [0.25, 0.3) is 11.0 Å². The van der Waals surface area contributed by atoms with E-state index in [2.05, 4.69) is 4.57 Å². The molecule has 1 aliphatic rings. The number of hydrogen-bond acceptors (Lipinski definition) is 2. The lowest BCUT2D eigenvalue weighted by Crippen LogP contribution is -2.24. The molecule has 0 saturated carbocycles. The topological polar surface area (TPSA) is 38.1 Å². The molecular weight excluding hydrogens is 401 g/mol. The summed E-state index contributed by atoms with van der Waals surface area (Å²) in [5, 5.41) is 0.642. The zero-order valence-electron chi connectivity index (χ0n) is 16.1. The Balaban J connectivity index is 1.51. The summed E-state index contributed by atoms with van der Waals surface area (Å²) >= 11 is 5.99. The standard InChI is InChI=1S/C24H19ClFN3O/c25-18-7-11-20(12-8-18)28-15-17(13-23(28)30)24-27-21-3-1-2-4-22(21)29(24)14-16-5-9-19(26)10-6-16/h1-12,17H,13-15H2. The number of rotatable bonds is 4. The van der Waals surface area contributed by atoms with Crippen LogP contribution in [0.3, 0.4) is 0 Å². The molecule has 1 atom stereocenters. The quantitative estimate of drug-likeness (QED) is 0.444. The number of aromatic nitrogens is 2. The van der Waals surface area contributed by atoms with E-state index in [1.807, 2.05) is 36.4 Å². The van der Waals surface area contributed by atoms with Crippen molar-refractivity contribution in [2.24, 2.45) is 0 Å². The number of benzene rings is 3. The van der Waals surface area contributed by atoms with Gasteiger partial charge in [-0.25, -0.2) is 9.37 Å². The summed E-state index contributed by atoms with van der Waals surface area (Å²) in [6, 6.07) is 21.8. The van der Waals surface area contributed by atoms with Gasteiger partial charge in [0.2, 0.25) is 5.91 Å². The van der Waals surface area contributed by atoms with Crippen molar-refractivity contribution in [2.75, 3.05) is 11.4 Å². The van der Waals surface area contributed by atoms with Gasteiger partial charge in [0.05, 0.1) is 11.0 Å². The highest BCUT2D eigenvalue weighted by molar-refractivity contribution is 6.30. The molecule has 0 N–H and O–H groups in total. The van der Waals surface area contributed by atoms with Crippen LogP contribution in [-0.2, 0) is 11.3 Å². The second-order valence-corrected chi connectivity index (χ2v) is 7.99. The highest BCUT2D eigenvalue weighted by Gasteiger charge is 2.34. The minimum absolute atomic E-state index is 0.0268. The number of carbonyl (C=O) groups is 1. The third-order valence-electron chi connectivity index (χ3n) is 5.57. The van der Waals surface area contributed by atoms with Gasteiger partial charge >= 0.3 is 0 Å². The molecule has 4 aromatic rings. The van der Waals surface area contributed by atoms with Crippen molar-refractivity contribution in [3.8, 4) is 0 Å². The lowest BCUT2D eigenvalue weighted by molar-refractivity contribution is -0.117. The Morgan fingerprint density at radius 2 is 1.73 bits per heavy atom. The van der Waals surface area contributed by atoms with E-state index in [1.54, 1.807) is 29.2 Å². The molecule has 5 rings (SSSR count). The van der Waals surface area contributed by atoms with Crippen molar-refractivity contribution in [1.29, 1.82) is 0 Å². The van der Waals surface area contributed by atoms with E-state index in [0.717, 1.165) is 28.1 Å². The van der Waals surface area contributed by atoms with Crippen molar-refractivity contribution in [2.45, 2.75) is 18.9 Å². The van der Waals surface area contributed by atoms with E-state index in [9.17, 15) is 9.18 Å². The lowest BCUT2D eigenvalue weighted by atomic mass is 10.1. The molecule has 1 saturated heterocycles. The first-order chi connectivity index (χ1) is 14.6. The van der Waals surface area contributed by atoms with Gasteiger partial charge in [0, 0.05) is 36.1 Å². The lowest BCUT2D eigenvalue weighted by Gasteiger charge is -2.17. The normalized spacial score (nSPS) is 16.5. The maximum Gasteiger partial charge on any atom is 0.227 e. The molecule has 1 fully saturated rings. The maximum atomic E-state index is 13.3. The van der Waals surface area contributed by atoms with Crippen molar-refractivity contribution in [3.05, 3.63) is 95.0 Å². The van der Waals surface area contributed by atoms with Crippen LogP contribution >= 0.6 is 11.6 Å². The van der Waals surface area contributed by atoms with Crippen LogP contribution in [0.4, 0.5) is 10.1 Å². The van der Waals surface area contributed by atoms with E-state index < -0.39 is 0 Å². The van der Waals surface area contributed by atoms with E-state index in [1.165, 1.54) is 12.1 Å². The molecule has 0 spiro atoms. The van der Waals surface area contributed by atoms with Gasteiger partial charge in [-0.1, -0.05) is 35.9 Å². The van der Waals surface area contributed by atoms with Crippen molar-refractivity contribution < 1.29 is 9.18 Å². The van der Waals surface area contributed by atoms with E-state index in [0.29, 0.717) is 24.5 Å². The highest BCUT2D eigenvalue weighted by Crippen LogP contribution is 2.34. The molecule has 1 unspecified atom stereocenters. The Hall–Kier alpha value is -3.18. The van der Waals surface area contributed by atoms with Gasteiger partial charge in [-0.3, -0.25) is 4.79 Å². The van der Waals surface area contributed by atoms with Crippen LogP contribution in [0.15, 0.2) is 72.8 Å². The highest BCUT2D eigenvalue weighted by atomic mass is 35.5.